The number of aryl methyl sites for hydroxylation is 1. The predicted octanol–water partition coefficient (Wildman–Crippen LogP) is 0.880. The van der Waals surface area contributed by atoms with E-state index in [0.717, 1.165) is 12.3 Å². The summed E-state index contributed by atoms with van der Waals surface area (Å²) in [5, 5.41) is 0.302. The first-order valence-corrected chi connectivity index (χ1v) is 5.59. The Bertz CT molecular complexity index is 274. The van der Waals surface area contributed by atoms with Crippen molar-refractivity contribution in [2.45, 2.75) is 25.1 Å². The Morgan fingerprint density at radius 1 is 1.71 bits per heavy atom. The van der Waals surface area contributed by atoms with Gasteiger partial charge in [-0.25, -0.2) is 4.98 Å². The third-order valence-corrected chi connectivity index (χ3v) is 2.95. The number of thioether (sulfide) groups is 1. The monoisotopic (exact) mass is 213 g/mol. The largest absolute Gasteiger partial charge is 0.370 e. The van der Waals surface area contributed by atoms with E-state index >= 15 is 0 Å². The second kappa shape index (κ2) is 5.70. The molecule has 4 nitrogen and oxygen atoms in total. The van der Waals surface area contributed by atoms with Gasteiger partial charge in [0.05, 0.1) is 6.33 Å². The van der Waals surface area contributed by atoms with Gasteiger partial charge in [-0.05, 0) is 0 Å². The first-order chi connectivity index (χ1) is 6.68. The van der Waals surface area contributed by atoms with Crippen molar-refractivity contribution in [1.29, 1.82) is 0 Å². The molecular weight excluding hydrogens is 198 g/mol. The minimum atomic E-state index is -0.229. The van der Waals surface area contributed by atoms with Gasteiger partial charge in [0.25, 0.3) is 0 Å². The van der Waals surface area contributed by atoms with Gasteiger partial charge in [-0.2, -0.15) is 11.8 Å². The lowest BCUT2D eigenvalue weighted by molar-refractivity contribution is -0.117. The highest BCUT2D eigenvalue weighted by atomic mass is 32.2. The average Bonchev–Trinajstić information content (AvgIpc) is 2.55. The van der Waals surface area contributed by atoms with Gasteiger partial charge >= 0.3 is 0 Å². The van der Waals surface area contributed by atoms with E-state index in [-0.39, 0.29) is 5.91 Å². The Hall–Kier alpha value is -0.970. The third kappa shape index (κ3) is 4.32. The van der Waals surface area contributed by atoms with Crippen molar-refractivity contribution in [2.75, 3.05) is 5.75 Å². The molecule has 78 valence electrons. The summed E-state index contributed by atoms with van der Waals surface area (Å²) in [6.07, 6.45) is 5.94. The molecule has 0 aromatic carbocycles. The van der Waals surface area contributed by atoms with Crippen molar-refractivity contribution in [3.05, 3.63) is 18.7 Å². The molecule has 1 amide bonds. The SMILES string of the molecule is CC(CC(N)=O)SCCn1ccnc1. The van der Waals surface area contributed by atoms with Crippen LogP contribution in [0.1, 0.15) is 13.3 Å². The second-order valence-corrected chi connectivity index (χ2v) is 4.70. The van der Waals surface area contributed by atoms with E-state index in [2.05, 4.69) is 4.98 Å². The Morgan fingerprint density at radius 2 is 2.50 bits per heavy atom. The van der Waals surface area contributed by atoms with Gasteiger partial charge < -0.3 is 10.3 Å². The minimum absolute atomic E-state index is 0.229. The summed E-state index contributed by atoms with van der Waals surface area (Å²) in [4.78, 5) is 14.5. The molecule has 14 heavy (non-hydrogen) atoms. The molecule has 1 aromatic heterocycles. The number of carbonyl (C=O) groups excluding carboxylic acids is 1. The van der Waals surface area contributed by atoms with Gasteiger partial charge in [-0.15, -0.1) is 0 Å². The Kier molecular flexibility index (Phi) is 4.52. The molecular formula is C9H15N3OS. The van der Waals surface area contributed by atoms with Crippen LogP contribution >= 0.6 is 11.8 Å². The molecule has 0 saturated carbocycles. The van der Waals surface area contributed by atoms with Crippen molar-refractivity contribution in [1.82, 2.24) is 9.55 Å². The third-order valence-electron chi connectivity index (χ3n) is 1.80. The van der Waals surface area contributed by atoms with E-state index in [1.165, 1.54) is 0 Å². The summed E-state index contributed by atoms with van der Waals surface area (Å²) in [5.41, 5.74) is 5.09. The summed E-state index contributed by atoms with van der Waals surface area (Å²) in [5.74, 6) is 0.748. The highest BCUT2D eigenvalue weighted by molar-refractivity contribution is 7.99. The van der Waals surface area contributed by atoms with Crippen molar-refractivity contribution >= 4 is 17.7 Å². The van der Waals surface area contributed by atoms with Gasteiger partial charge in [0, 0.05) is 36.4 Å². The molecule has 1 unspecified atom stereocenters. The fourth-order valence-electron chi connectivity index (χ4n) is 1.12. The molecule has 1 rings (SSSR count). The molecule has 0 aliphatic carbocycles. The number of imidazole rings is 1. The Balaban J connectivity index is 2.12. The number of hydrogen-bond donors (Lipinski definition) is 1. The van der Waals surface area contributed by atoms with Crippen LogP contribution in [-0.4, -0.2) is 26.5 Å². The van der Waals surface area contributed by atoms with Crippen LogP contribution in [0.25, 0.3) is 0 Å². The zero-order chi connectivity index (χ0) is 10.4. The lowest BCUT2D eigenvalue weighted by Crippen LogP contribution is -2.16. The maximum absolute atomic E-state index is 10.6. The van der Waals surface area contributed by atoms with E-state index in [0.29, 0.717) is 11.7 Å². The summed E-state index contributed by atoms with van der Waals surface area (Å²) >= 11 is 1.75. The minimum Gasteiger partial charge on any atom is -0.370 e. The van der Waals surface area contributed by atoms with Gasteiger partial charge in [0.15, 0.2) is 0 Å². The molecule has 1 aromatic rings. The molecule has 0 aliphatic rings. The van der Waals surface area contributed by atoms with E-state index in [4.69, 9.17) is 5.73 Å². The highest BCUT2D eigenvalue weighted by Gasteiger charge is 2.05. The molecule has 0 fully saturated rings. The topological polar surface area (TPSA) is 60.9 Å². The number of amides is 1. The standard InChI is InChI=1S/C9H15N3OS/c1-8(6-9(10)13)14-5-4-12-3-2-11-7-12/h2-3,7-8H,4-6H2,1H3,(H2,10,13). The Labute approximate surface area is 87.9 Å². The molecule has 0 bridgehead atoms. The van der Waals surface area contributed by atoms with Crippen LogP contribution in [0.2, 0.25) is 0 Å². The molecule has 0 saturated heterocycles. The van der Waals surface area contributed by atoms with Crippen molar-refractivity contribution in [2.24, 2.45) is 5.73 Å². The van der Waals surface area contributed by atoms with E-state index < -0.39 is 0 Å². The molecule has 1 heterocycles. The fraction of sp³-hybridized carbons (Fsp3) is 0.556. The average molecular weight is 213 g/mol. The maximum atomic E-state index is 10.6. The number of aromatic nitrogens is 2. The number of hydrogen-bond acceptors (Lipinski definition) is 3. The summed E-state index contributed by atoms with van der Waals surface area (Å²) < 4.78 is 2.02. The molecule has 5 heteroatoms. The molecule has 0 radical (unpaired) electrons. The summed E-state index contributed by atoms with van der Waals surface area (Å²) in [7, 11) is 0. The number of primary amides is 1. The number of nitrogens with zero attached hydrogens (tertiary/aromatic N) is 2. The second-order valence-electron chi connectivity index (χ2n) is 3.15. The number of carbonyl (C=O) groups is 1. The zero-order valence-electron chi connectivity index (χ0n) is 8.22. The number of nitrogens with two attached hydrogens (primary N) is 1. The van der Waals surface area contributed by atoms with E-state index in [9.17, 15) is 4.79 Å². The highest BCUT2D eigenvalue weighted by Crippen LogP contribution is 2.13. The first kappa shape index (κ1) is 11.1. The van der Waals surface area contributed by atoms with Gasteiger partial charge in [-0.3, -0.25) is 4.79 Å². The zero-order valence-corrected chi connectivity index (χ0v) is 9.04. The van der Waals surface area contributed by atoms with Crippen LogP contribution in [-0.2, 0) is 11.3 Å². The van der Waals surface area contributed by atoms with Crippen LogP contribution in [0.5, 0.6) is 0 Å². The number of rotatable bonds is 6. The summed E-state index contributed by atoms with van der Waals surface area (Å²) in [6, 6.07) is 0. The molecule has 0 aliphatic heterocycles. The van der Waals surface area contributed by atoms with Gasteiger partial charge in [-0.1, -0.05) is 6.92 Å². The maximum Gasteiger partial charge on any atom is 0.218 e. The van der Waals surface area contributed by atoms with Crippen molar-refractivity contribution < 1.29 is 4.79 Å². The van der Waals surface area contributed by atoms with Crippen LogP contribution in [0, 0.1) is 0 Å². The molecule has 1 atom stereocenters. The van der Waals surface area contributed by atoms with Gasteiger partial charge in [0.1, 0.15) is 0 Å². The van der Waals surface area contributed by atoms with Crippen LogP contribution in [0.3, 0.4) is 0 Å². The quantitative estimate of drug-likeness (QED) is 0.763. The van der Waals surface area contributed by atoms with Crippen molar-refractivity contribution in [3.63, 3.8) is 0 Å². The lowest BCUT2D eigenvalue weighted by atomic mass is 10.3. The first-order valence-electron chi connectivity index (χ1n) is 4.54. The van der Waals surface area contributed by atoms with Crippen molar-refractivity contribution in [3.8, 4) is 0 Å². The van der Waals surface area contributed by atoms with Crippen LogP contribution in [0.4, 0.5) is 0 Å². The van der Waals surface area contributed by atoms with Gasteiger partial charge in [0.2, 0.25) is 5.91 Å². The fourth-order valence-corrected chi connectivity index (χ4v) is 2.12. The lowest BCUT2D eigenvalue weighted by Gasteiger charge is -2.08. The normalized spacial score (nSPS) is 12.6. The Morgan fingerprint density at radius 3 is 3.07 bits per heavy atom. The summed E-state index contributed by atoms with van der Waals surface area (Å²) in [6.45, 7) is 2.94. The van der Waals surface area contributed by atoms with E-state index in [1.54, 1.807) is 24.3 Å². The van der Waals surface area contributed by atoms with E-state index in [1.807, 2.05) is 17.7 Å². The molecule has 2 N–H and O–H groups in total. The predicted molar refractivity (Wildman–Crippen MR) is 58.0 cm³/mol. The van der Waals surface area contributed by atoms with Crippen LogP contribution in [0.15, 0.2) is 18.7 Å². The molecule has 0 spiro atoms. The smallest absolute Gasteiger partial charge is 0.218 e. The van der Waals surface area contributed by atoms with Crippen LogP contribution < -0.4 is 5.73 Å².